The molecule has 1 aromatic heterocycles. The number of aromatic nitrogens is 3. The molecular formula is C17H31N5O3. The number of nitrogens with zero attached hydrogens (tertiary/aromatic N) is 5. The SMILES string of the molecule is CCn1c(C)nnc1CN1C[C@H](COCC(=O)N(C)C)OC(C)(C)C1. The van der Waals surface area contributed by atoms with E-state index in [1.807, 2.05) is 6.92 Å². The molecule has 1 fully saturated rings. The second-order valence-electron chi connectivity index (χ2n) is 7.38. The summed E-state index contributed by atoms with van der Waals surface area (Å²) in [6, 6.07) is 0. The lowest BCUT2D eigenvalue weighted by Gasteiger charge is -2.42. The maximum Gasteiger partial charge on any atom is 0.248 e. The third-order valence-corrected chi connectivity index (χ3v) is 4.27. The molecule has 2 rings (SSSR count). The van der Waals surface area contributed by atoms with E-state index in [2.05, 4.69) is 40.4 Å². The second kappa shape index (κ2) is 8.25. The number of carbonyl (C=O) groups excluding carboxylic acids is 1. The Labute approximate surface area is 150 Å². The van der Waals surface area contributed by atoms with Crippen LogP contribution in [0.2, 0.25) is 0 Å². The Kier molecular flexibility index (Phi) is 6.53. The zero-order chi connectivity index (χ0) is 18.6. The Morgan fingerprint density at radius 3 is 2.76 bits per heavy atom. The number of carbonyl (C=O) groups is 1. The highest BCUT2D eigenvalue weighted by Crippen LogP contribution is 2.22. The van der Waals surface area contributed by atoms with Crippen LogP contribution >= 0.6 is 0 Å². The number of rotatable bonds is 7. The van der Waals surface area contributed by atoms with Crippen LogP contribution in [0.3, 0.4) is 0 Å². The van der Waals surface area contributed by atoms with Crippen molar-refractivity contribution < 1.29 is 14.3 Å². The fourth-order valence-corrected chi connectivity index (χ4v) is 3.18. The summed E-state index contributed by atoms with van der Waals surface area (Å²) in [5.74, 6) is 1.87. The standard InChI is InChI=1S/C17H31N5O3/c1-7-22-13(2)18-19-15(22)9-21-8-14(25-17(3,4)12-21)10-24-11-16(23)20(5)6/h14H,7-12H2,1-6H3/t14-/m1/s1. The average Bonchev–Trinajstić information content (AvgIpc) is 2.85. The van der Waals surface area contributed by atoms with Crippen molar-refractivity contribution in [2.24, 2.45) is 0 Å². The van der Waals surface area contributed by atoms with Crippen molar-refractivity contribution in [1.29, 1.82) is 0 Å². The van der Waals surface area contributed by atoms with Gasteiger partial charge in [0.05, 0.1) is 24.9 Å². The van der Waals surface area contributed by atoms with Crippen molar-refractivity contribution in [3.05, 3.63) is 11.6 Å². The Morgan fingerprint density at radius 2 is 2.12 bits per heavy atom. The maximum absolute atomic E-state index is 11.6. The van der Waals surface area contributed by atoms with Gasteiger partial charge in [0.15, 0.2) is 0 Å². The highest BCUT2D eigenvalue weighted by molar-refractivity contribution is 5.76. The first-order valence-electron chi connectivity index (χ1n) is 8.78. The van der Waals surface area contributed by atoms with Gasteiger partial charge < -0.3 is 18.9 Å². The summed E-state index contributed by atoms with van der Waals surface area (Å²) in [6.45, 7) is 11.9. The molecule has 8 nitrogen and oxygen atoms in total. The average molecular weight is 353 g/mol. The van der Waals surface area contributed by atoms with E-state index in [1.54, 1.807) is 14.1 Å². The predicted molar refractivity (Wildman–Crippen MR) is 94.2 cm³/mol. The van der Waals surface area contributed by atoms with E-state index in [0.29, 0.717) is 6.61 Å². The number of hydrogen-bond donors (Lipinski definition) is 0. The van der Waals surface area contributed by atoms with Crippen LogP contribution in [0.25, 0.3) is 0 Å². The van der Waals surface area contributed by atoms with Gasteiger partial charge in [-0.15, -0.1) is 10.2 Å². The van der Waals surface area contributed by atoms with Gasteiger partial charge in [-0.25, -0.2) is 0 Å². The van der Waals surface area contributed by atoms with Crippen LogP contribution in [0, 0.1) is 6.92 Å². The van der Waals surface area contributed by atoms with Gasteiger partial charge in [-0.05, 0) is 27.7 Å². The Balaban J connectivity index is 1.94. The van der Waals surface area contributed by atoms with E-state index in [1.165, 1.54) is 4.90 Å². The first kappa shape index (κ1) is 19.8. The Bertz CT molecular complexity index is 585. The van der Waals surface area contributed by atoms with Gasteiger partial charge >= 0.3 is 0 Å². The first-order chi connectivity index (χ1) is 11.7. The van der Waals surface area contributed by atoms with Crippen LogP contribution in [0.5, 0.6) is 0 Å². The van der Waals surface area contributed by atoms with Gasteiger partial charge in [0.1, 0.15) is 18.3 Å². The quantitative estimate of drug-likeness (QED) is 0.718. The van der Waals surface area contributed by atoms with Gasteiger partial charge in [0.2, 0.25) is 5.91 Å². The molecule has 1 aliphatic heterocycles. The topological polar surface area (TPSA) is 72.7 Å². The zero-order valence-electron chi connectivity index (χ0n) is 16.3. The molecule has 1 aromatic rings. The molecule has 25 heavy (non-hydrogen) atoms. The van der Waals surface area contributed by atoms with Crippen molar-refractivity contribution in [2.45, 2.75) is 52.5 Å². The van der Waals surface area contributed by atoms with Crippen LogP contribution in [-0.4, -0.2) is 82.6 Å². The van der Waals surface area contributed by atoms with E-state index in [4.69, 9.17) is 9.47 Å². The summed E-state index contributed by atoms with van der Waals surface area (Å²) >= 11 is 0. The normalized spacial score (nSPS) is 20.6. The number of morpholine rings is 1. The third-order valence-electron chi connectivity index (χ3n) is 4.27. The molecule has 0 spiro atoms. The zero-order valence-corrected chi connectivity index (χ0v) is 16.3. The van der Waals surface area contributed by atoms with Crippen molar-refractivity contribution in [1.82, 2.24) is 24.6 Å². The molecule has 0 unspecified atom stereocenters. The molecule has 1 saturated heterocycles. The third kappa shape index (κ3) is 5.49. The van der Waals surface area contributed by atoms with E-state index >= 15 is 0 Å². The lowest BCUT2D eigenvalue weighted by Crippen LogP contribution is -2.53. The molecule has 0 bridgehead atoms. The van der Waals surface area contributed by atoms with Crippen LogP contribution in [-0.2, 0) is 27.4 Å². The van der Waals surface area contributed by atoms with E-state index in [9.17, 15) is 4.79 Å². The van der Waals surface area contributed by atoms with Crippen LogP contribution in [0.1, 0.15) is 32.4 Å². The number of aryl methyl sites for hydroxylation is 1. The van der Waals surface area contributed by atoms with Crippen molar-refractivity contribution in [3.8, 4) is 0 Å². The number of ether oxygens (including phenoxy) is 2. The van der Waals surface area contributed by atoms with Crippen molar-refractivity contribution in [2.75, 3.05) is 40.4 Å². The smallest absolute Gasteiger partial charge is 0.248 e. The molecule has 8 heteroatoms. The van der Waals surface area contributed by atoms with Gasteiger partial charge in [-0.3, -0.25) is 9.69 Å². The number of amides is 1. The minimum Gasteiger partial charge on any atom is -0.369 e. The van der Waals surface area contributed by atoms with Gasteiger partial charge in [-0.2, -0.15) is 0 Å². The fourth-order valence-electron chi connectivity index (χ4n) is 3.18. The summed E-state index contributed by atoms with van der Waals surface area (Å²) < 4.78 is 13.8. The fraction of sp³-hybridized carbons (Fsp3) is 0.824. The van der Waals surface area contributed by atoms with E-state index in [0.717, 1.165) is 37.8 Å². The molecule has 142 valence electrons. The van der Waals surface area contributed by atoms with Gasteiger partial charge in [-0.1, -0.05) is 0 Å². The monoisotopic (exact) mass is 353 g/mol. The van der Waals surface area contributed by atoms with E-state index < -0.39 is 0 Å². The molecule has 1 atom stereocenters. The minimum atomic E-state index is -0.274. The molecular weight excluding hydrogens is 322 g/mol. The summed E-state index contributed by atoms with van der Waals surface area (Å²) in [5, 5.41) is 8.49. The Morgan fingerprint density at radius 1 is 1.40 bits per heavy atom. The molecule has 0 aliphatic carbocycles. The summed E-state index contributed by atoms with van der Waals surface area (Å²) in [7, 11) is 3.44. The lowest BCUT2D eigenvalue weighted by molar-refractivity contribution is -0.161. The highest BCUT2D eigenvalue weighted by Gasteiger charge is 2.34. The van der Waals surface area contributed by atoms with Crippen LogP contribution in [0.15, 0.2) is 0 Å². The van der Waals surface area contributed by atoms with Gasteiger partial charge in [0, 0.05) is 33.7 Å². The lowest BCUT2D eigenvalue weighted by atomic mass is 10.1. The van der Waals surface area contributed by atoms with E-state index in [-0.39, 0.29) is 24.2 Å². The maximum atomic E-state index is 11.6. The Hall–Kier alpha value is -1.51. The van der Waals surface area contributed by atoms with Crippen LogP contribution < -0.4 is 0 Å². The number of likely N-dealkylation sites (N-methyl/N-ethyl adjacent to an activating group) is 1. The summed E-state index contributed by atoms with van der Waals surface area (Å²) in [5.41, 5.74) is -0.274. The summed E-state index contributed by atoms with van der Waals surface area (Å²) in [4.78, 5) is 15.5. The molecule has 0 radical (unpaired) electrons. The predicted octanol–water partition coefficient (Wildman–Crippen LogP) is 0.691. The minimum absolute atomic E-state index is 0.0431. The van der Waals surface area contributed by atoms with Crippen molar-refractivity contribution >= 4 is 5.91 Å². The number of hydrogen-bond acceptors (Lipinski definition) is 6. The largest absolute Gasteiger partial charge is 0.369 e. The molecule has 1 amide bonds. The summed E-state index contributed by atoms with van der Waals surface area (Å²) in [6.07, 6.45) is -0.0715. The second-order valence-corrected chi connectivity index (χ2v) is 7.38. The van der Waals surface area contributed by atoms with Gasteiger partial charge in [0.25, 0.3) is 0 Å². The van der Waals surface area contributed by atoms with Crippen molar-refractivity contribution in [3.63, 3.8) is 0 Å². The van der Waals surface area contributed by atoms with Crippen LogP contribution in [0.4, 0.5) is 0 Å². The first-order valence-corrected chi connectivity index (χ1v) is 8.78. The molecule has 0 saturated carbocycles. The molecule has 1 aliphatic rings. The molecule has 0 aromatic carbocycles. The highest BCUT2D eigenvalue weighted by atomic mass is 16.5. The molecule has 2 heterocycles. The molecule has 0 N–H and O–H groups in total.